The van der Waals surface area contributed by atoms with Crippen molar-refractivity contribution in [3.63, 3.8) is 0 Å². The first-order valence-corrected chi connectivity index (χ1v) is 7.27. The molecule has 0 atom stereocenters. The van der Waals surface area contributed by atoms with Gasteiger partial charge in [0.1, 0.15) is 5.84 Å². The summed E-state index contributed by atoms with van der Waals surface area (Å²) in [4.78, 5) is 2.37. The quantitative estimate of drug-likeness (QED) is 0.631. The molecule has 104 valence electrons. The highest BCUT2D eigenvalue weighted by Gasteiger charge is 2.16. The average molecular weight is 259 g/mol. The van der Waals surface area contributed by atoms with Gasteiger partial charge >= 0.3 is 0 Å². The number of amidine groups is 1. The van der Waals surface area contributed by atoms with Crippen LogP contribution in [0.15, 0.2) is 24.3 Å². The monoisotopic (exact) mass is 259 g/mol. The Hall–Kier alpha value is -1.35. The number of nitrogens with one attached hydrogen (secondary N) is 1. The lowest BCUT2D eigenvalue weighted by Gasteiger charge is -2.27. The Morgan fingerprint density at radius 3 is 2.63 bits per heavy atom. The number of hydrogen-bond acceptors (Lipinski definition) is 2. The fraction of sp³-hybridized carbons (Fsp3) is 0.562. The number of nitrogens with zero attached hydrogens (tertiary/aromatic N) is 1. The third kappa shape index (κ3) is 4.06. The number of benzene rings is 1. The molecule has 3 N–H and O–H groups in total. The van der Waals surface area contributed by atoms with Crippen molar-refractivity contribution in [3.05, 3.63) is 35.4 Å². The molecule has 19 heavy (non-hydrogen) atoms. The van der Waals surface area contributed by atoms with Gasteiger partial charge in [-0.3, -0.25) is 5.41 Å². The van der Waals surface area contributed by atoms with Gasteiger partial charge in [-0.05, 0) is 31.4 Å². The van der Waals surface area contributed by atoms with Gasteiger partial charge in [0.15, 0.2) is 0 Å². The van der Waals surface area contributed by atoms with Crippen molar-refractivity contribution in [2.75, 3.05) is 13.6 Å². The normalized spacial score (nSPS) is 16.7. The fourth-order valence-electron chi connectivity index (χ4n) is 3.09. The van der Waals surface area contributed by atoms with Crippen molar-refractivity contribution in [2.45, 2.75) is 38.6 Å². The summed E-state index contributed by atoms with van der Waals surface area (Å²) in [6.45, 7) is 2.04. The molecule has 0 amide bonds. The summed E-state index contributed by atoms with van der Waals surface area (Å²) in [6, 6.07) is 7.98. The van der Waals surface area contributed by atoms with Crippen LogP contribution in [0.1, 0.15) is 43.2 Å². The molecule has 3 heteroatoms. The third-order valence-corrected chi connectivity index (χ3v) is 4.04. The first-order valence-electron chi connectivity index (χ1n) is 7.27. The molecular formula is C16H25N3. The van der Waals surface area contributed by atoms with Crippen LogP contribution >= 0.6 is 0 Å². The van der Waals surface area contributed by atoms with E-state index in [9.17, 15) is 0 Å². The smallest absolute Gasteiger partial charge is 0.123 e. The van der Waals surface area contributed by atoms with E-state index in [1.54, 1.807) is 0 Å². The molecule has 0 bridgehead atoms. The minimum atomic E-state index is 0.168. The van der Waals surface area contributed by atoms with Crippen LogP contribution in [-0.2, 0) is 6.54 Å². The number of nitrogens with two attached hydrogens (primary N) is 1. The zero-order valence-corrected chi connectivity index (χ0v) is 11.9. The molecule has 3 nitrogen and oxygen atoms in total. The molecule has 1 aromatic carbocycles. The second kappa shape index (κ2) is 6.71. The van der Waals surface area contributed by atoms with Gasteiger partial charge in [-0.25, -0.2) is 0 Å². The average Bonchev–Trinajstić information content (AvgIpc) is 2.40. The molecule has 2 rings (SSSR count). The molecule has 0 radical (unpaired) electrons. The van der Waals surface area contributed by atoms with E-state index in [0.29, 0.717) is 0 Å². The van der Waals surface area contributed by atoms with Crippen LogP contribution in [-0.4, -0.2) is 24.3 Å². The maximum absolute atomic E-state index is 7.63. The summed E-state index contributed by atoms with van der Waals surface area (Å²) in [5.41, 5.74) is 7.67. The molecular weight excluding hydrogens is 234 g/mol. The highest BCUT2D eigenvalue weighted by Crippen LogP contribution is 2.24. The zero-order valence-electron chi connectivity index (χ0n) is 11.9. The van der Waals surface area contributed by atoms with Gasteiger partial charge in [-0.2, -0.15) is 0 Å². The molecule has 1 aliphatic rings. The van der Waals surface area contributed by atoms with Crippen molar-refractivity contribution in [1.29, 1.82) is 5.41 Å². The summed E-state index contributed by atoms with van der Waals surface area (Å²) >= 11 is 0. The van der Waals surface area contributed by atoms with Crippen LogP contribution in [0.5, 0.6) is 0 Å². The Morgan fingerprint density at radius 2 is 1.95 bits per heavy atom. The summed E-state index contributed by atoms with van der Waals surface area (Å²) in [5.74, 6) is 1.02. The molecule has 0 heterocycles. The van der Waals surface area contributed by atoms with E-state index in [2.05, 4.69) is 18.0 Å². The first-order chi connectivity index (χ1) is 9.16. The van der Waals surface area contributed by atoms with Crippen LogP contribution in [0.25, 0.3) is 0 Å². The Kier molecular flexibility index (Phi) is 4.97. The van der Waals surface area contributed by atoms with Crippen molar-refractivity contribution in [3.8, 4) is 0 Å². The molecule has 1 saturated carbocycles. The van der Waals surface area contributed by atoms with Crippen LogP contribution in [0.3, 0.4) is 0 Å². The van der Waals surface area contributed by atoms with E-state index in [1.165, 1.54) is 32.1 Å². The third-order valence-electron chi connectivity index (χ3n) is 4.04. The Morgan fingerprint density at radius 1 is 1.26 bits per heavy atom. The lowest BCUT2D eigenvalue weighted by atomic mass is 9.89. The highest BCUT2D eigenvalue weighted by molar-refractivity contribution is 5.96. The molecule has 0 saturated heterocycles. The van der Waals surface area contributed by atoms with E-state index < -0.39 is 0 Å². The molecule has 1 aromatic rings. The van der Waals surface area contributed by atoms with Crippen molar-refractivity contribution >= 4 is 5.84 Å². The minimum absolute atomic E-state index is 0.168. The second-order valence-electron chi connectivity index (χ2n) is 5.77. The summed E-state index contributed by atoms with van der Waals surface area (Å²) in [6.07, 6.45) is 6.94. The van der Waals surface area contributed by atoms with Crippen LogP contribution < -0.4 is 5.73 Å². The Bertz CT molecular complexity index is 422. The second-order valence-corrected chi connectivity index (χ2v) is 5.77. The van der Waals surface area contributed by atoms with E-state index >= 15 is 0 Å². The van der Waals surface area contributed by atoms with Gasteiger partial charge in [0, 0.05) is 18.7 Å². The van der Waals surface area contributed by atoms with E-state index in [1.807, 2.05) is 18.2 Å². The van der Waals surface area contributed by atoms with Gasteiger partial charge < -0.3 is 10.6 Å². The van der Waals surface area contributed by atoms with E-state index in [0.717, 1.165) is 30.1 Å². The number of nitrogen functional groups attached to an aromatic ring is 1. The largest absolute Gasteiger partial charge is 0.384 e. The molecule has 0 aliphatic heterocycles. The summed E-state index contributed by atoms with van der Waals surface area (Å²) in [5, 5.41) is 7.63. The van der Waals surface area contributed by atoms with E-state index in [4.69, 9.17) is 11.1 Å². The molecule has 0 spiro atoms. The van der Waals surface area contributed by atoms with E-state index in [-0.39, 0.29) is 5.84 Å². The summed E-state index contributed by atoms with van der Waals surface area (Å²) in [7, 11) is 2.17. The highest BCUT2D eigenvalue weighted by atomic mass is 15.1. The predicted octanol–water partition coefficient (Wildman–Crippen LogP) is 2.98. The molecule has 1 fully saturated rings. The zero-order chi connectivity index (χ0) is 13.7. The molecule has 0 unspecified atom stereocenters. The van der Waals surface area contributed by atoms with Gasteiger partial charge in [0.05, 0.1) is 0 Å². The van der Waals surface area contributed by atoms with Crippen LogP contribution in [0.2, 0.25) is 0 Å². The Labute approximate surface area is 116 Å². The van der Waals surface area contributed by atoms with Crippen molar-refractivity contribution in [2.24, 2.45) is 11.7 Å². The number of hydrogen-bond donors (Lipinski definition) is 2. The van der Waals surface area contributed by atoms with Crippen LogP contribution in [0.4, 0.5) is 0 Å². The first kappa shape index (κ1) is 14.1. The van der Waals surface area contributed by atoms with Gasteiger partial charge in [0.25, 0.3) is 0 Å². The predicted molar refractivity (Wildman–Crippen MR) is 80.4 cm³/mol. The molecule has 0 aromatic heterocycles. The lowest BCUT2D eigenvalue weighted by Crippen LogP contribution is -2.27. The Balaban J connectivity index is 1.94. The minimum Gasteiger partial charge on any atom is -0.384 e. The lowest BCUT2D eigenvalue weighted by molar-refractivity contribution is 0.228. The van der Waals surface area contributed by atoms with Crippen LogP contribution in [0, 0.1) is 11.3 Å². The summed E-state index contributed by atoms with van der Waals surface area (Å²) < 4.78 is 0. The van der Waals surface area contributed by atoms with Gasteiger partial charge in [-0.1, -0.05) is 43.5 Å². The SMILES string of the molecule is CN(Cc1ccccc1C(=N)N)CC1CCCCC1. The van der Waals surface area contributed by atoms with Crippen molar-refractivity contribution in [1.82, 2.24) is 4.90 Å². The fourth-order valence-corrected chi connectivity index (χ4v) is 3.09. The number of rotatable bonds is 5. The van der Waals surface area contributed by atoms with Gasteiger partial charge in [0.2, 0.25) is 0 Å². The standard InChI is InChI=1S/C16H25N3/c1-19(11-13-7-3-2-4-8-13)12-14-9-5-6-10-15(14)16(17)18/h5-6,9-10,13H,2-4,7-8,11-12H2,1H3,(H3,17,18). The van der Waals surface area contributed by atoms with Crippen molar-refractivity contribution < 1.29 is 0 Å². The van der Waals surface area contributed by atoms with Gasteiger partial charge in [-0.15, -0.1) is 0 Å². The maximum Gasteiger partial charge on any atom is 0.123 e. The molecule has 1 aliphatic carbocycles. The topological polar surface area (TPSA) is 53.1 Å². The maximum atomic E-state index is 7.63.